The van der Waals surface area contributed by atoms with Crippen molar-refractivity contribution in [2.75, 3.05) is 11.9 Å². The molecule has 2 N–H and O–H groups in total. The number of nitrogens with one attached hydrogen (secondary N) is 2. The summed E-state index contributed by atoms with van der Waals surface area (Å²) in [7, 11) is 0. The second kappa shape index (κ2) is 5.10. The van der Waals surface area contributed by atoms with Crippen LogP contribution < -0.4 is 5.32 Å². The Hall–Kier alpha value is -2.36. The molecule has 3 aromatic rings. The Balaban J connectivity index is 1.75. The summed E-state index contributed by atoms with van der Waals surface area (Å²) < 4.78 is 0. The molecule has 0 aliphatic heterocycles. The van der Waals surface area contributed by atoms with Gasteiger partial charge in [-0.05, 0) is 24.6 Å². The van der Waals surface area contributed by atoms with Crippen LogP contribution in [0.2, 0.25) is 0 Å². The number of fused-ring (bicyclic) bond motifs is 1. The molecule has 0 unspecified atom stereocenters. The van der Waals surface area contributed by atoms with Crippen LogP contribution in [0.15, 0.2) is 42.7 Å². The summed E-state index contributed by atoms with van der Waals surface area (Å²) in [6.07, 6.45) is 4.48. The molecule has 96 valence electrons. The lowest BCUT2D eigenvalue weighted by Gasteiger charge is -2.09. The fraction of sp³-hybridized carbons (Fsp3) is 0.200. The van der Waals surface area contributed by atoms with E-state index >= 15 is 0 Å². The molecule has 0 aliphatic carbocycles. The number of H-pyrrole nitrogens is 1. The number of aromatic amines is 1. The van der Waals surface area contributed by atoms with E-state index in [2.05, 4.69) is 39.3 Å². The largest absolute Gasteiger partial charge is 0.369 e. The molecule has 4 heteroatoms. The summed E-state index contributed by atoms with van der Waals surface area (Å²) in [5.41, 5.74) is 2.19. The molecule has 2 aromatic heterocycles. The lowest BCUT2D eigenvalue weighted by molar-refractivity contribution is 0.921. The molecule has 2 heterocycles. The van der Waals surface area contributed by atoms with Crippen molar-refractivity contribution in [1.29, 1.82) is 0 Å². The molecule has 1 aromatic carbocycles. The average molecular weight is 252 g/mol. The minimum Gasteiger partial charge on any atom is -0.369 e. The van der Waals surface area contributed by atoms with Crippen molar-refractivity contribution in [3.05, 3.63) is 54.1 Å². The van der Waals surface area contributed by atoms with E-state index in [1.807, 2.05) is 24.4 Å². The highest BCUT2D eigenvalue weighted by Gasteiger charge is 2.03. The SMILES string of the molecule is Cc1cc2ccccc2nc1NCCc1ncc[nH]1. The third kappa shape index (κ3) is 2.57. The molecule has 0 spiro atoms. The van der Waals surface area contributed by atoms with Gasteiger partial charge in [0.25, 0.3) is 0 Å². The number of imidazole rings is 1. The fourth-order valence-electron chi connectivity index (χ4n) is 2.13. The fourth-order valence-corrected chi connectivity index (χ4v) is 2.13. The second-order valence-corrected chi connectivity index (χ2v) is 4.56. The number of aromatic nitrogens is 3. The minimum absolute atomic E-state index is 0.819. The van der Waals surface area contributed by atoms with Gasteiger partial charge in [-0.15, -0.1) is 0 Å². The summed E-state index contributed by atoms with van der Waals surface area (Å²) in [4.78, 5) is 12.0. The molecule has 0 amide bonds. The maximum atomic E-state index is 4.65. The van der Waals surface area contributed by atoms with E-state index < -0.39 is 0 Å². The van der Waals surface area contributed by atoms with E-state index in [0.717, 1.165) is 35.7 Å². The van der Waals surface area contributed by atoms with Gasteiger partial charge in [0.1, 0.15) is 11.6 Å². The van der Waals surface area contributed by atoms with Crippen LogP contribution in [0.1, 0.15) is 11.4 Å². The van der Waals surface area contributed by atoms with Crippen LogP contribution in [0.3, 0.4) is 0 Å². The van der Waals surface area contributed by atoms with Gasteiger partial charge in [-0.2, -0.15) is 0 Å². The summed E-state index contributed by atoms with van der Waals surface area (Å²) in [5, 5.41) is 4.55. The molecule has 0 atom stereocenters. The van der Waals surface area contributed by atoms with Crippen LogP contribution in [0.25, 0.3) is 10.9 Å². The summed E-state index contributed by atoms with van der Waals surface area (Å²) in [5.74, 6) is 1.94. The number of aryl methyl sites for hydroxylation is 1. The topological polar surface area (TPSA) is 53.6 Å². The standard InChI is InChI=1S/C15H16N4/c1-11-10-12-4-2-3-5-13(12)19-15(11)18-7-6-14-16-8-9-17-14/h2-5,8-10H,6-7H2,1H3,(H,16,17)(H,18,19). The lowest BCUT2D eigenvalue weighted by atomic mass is 10.1. The summed E-state index contributed by atoms with van der Waals surface area (Å²) in [6.45, 7) is 2.90. The normalized spacial score (nSPS) is 10.8. The van der Waals surface area contributed by atoms with E-state index in [1.165, 1.54) is 5.39 Å². The molecule has 0 radical (unpaired) electrons. The maximum Gasteiger partial charge on any atom is 0.129 e. The molecular formula is C15H16N4. The molecule has 0 bridgehead atoms. The smallest absolute Gasteiger partial charge is 0.129 e. The number of hydrogen-bond acceptors (Lipinski definition) is 3. The maximum absolute atomic E-state index is 4.65. The molecular weight excluding hydrogens is 236 g/mol. The van der Waals surface area contributed by atoms with Crippen molar-refractivity contribution < 1.29 is 0 Å². The number of rotatable bonds is 4. The first kappa shape index (κ1) is 11.7. The average Bonchev–Trinajstić information content (AvgIpc) is 2.92. The zero-order valence-corrected chi connectivity index (χ0v) is 10.9. The van der Waals surface area contributed by atoms with Crippen molar-refractivity contribution in [3.8, 4) is 0 Å². The van der Waals surface area contributed by atoms with Gasteiger partial charge in [-0.3, -0.25) is 0 Å². The van der Waals surface area contributed by atoms with Crippen LogP contribution >= 0.6 is 0 Å². The predicted molar refractivity (Wildman–Crippen MR) is 77.3 cm³/mol. The van der Waals surface area contributed by atoms with E-state index in [0.29, 0.717) is 0 Å². The Morgan fingerprint density at radius 1 is 1.26 bits per heavy atom. The summed E-state index contributed by atoms with van der Waals surface area (Å²) in [6, 6.07) is 10.3. The zero-order chi connectivity index (χ0) is 13.1. The van der Waals surface area contributed by atoms with Crippen molar-refractivity contribution in [2.24, 2.45) is 0 Å². The molecule has 3 rings (SSSR count). The van der Waals surface area contributed by atoms with Gasteiger partial charge in [-0.1, -0.05) is 18.2 Å². The third-order valence-electron chi connectivity index (χ3n) is 3.12. The lowest BCUT2D eigenvalue weighted by Crippen LogP contribution is -2.08. The first-order valence-electron chi connectivity index (χ1n) is 6.41. The second-order valence-electron chi connectivity index (χ2n) is 4.56. The van der Waals surface area contributed by atoms with Crippen molar-refractivity contribution >= 4 is 16.7 Å². The number of nitrogens with zero attached hydrogens (tertiary/aromatic N) is 2. The third-order valence-corrected chi connectivity index (χ3v) is 3.12. The number of para-hydroxylation sites is 1. The predicted octanol–water partition coefficient (Wildman–Crippen LogP) is 2.92. The number of anilines is 1. The van der Waals surface area contributed by atoms with Gasteiger partial charge < -0.3 is 10.3 Å². The highest BCUT2D eigenvalue weighted by molar-refractivity contribution is 5.81. The van der Waals surface area contributed by atoms with Crippen molar-refractivity contribution in [3.63, 3.8) is 0 Å². The van der Waals surface area contributed by atoms with Gasteiger partial charge in [0.2, 0.25) is 0 Å². The van der Waals surface area contributed by atoms with Gasteiger partial charge in [-0.25, -0.2) is 9.97 Å². The van der Waals surface area contributed by atoms with Crippen LogP contribution in [-0.2, 0) is 6.42 Å². The zero-order valence-electron chi connectivity index (χ0n) is 10.9. The Bertz CT molecular complexity index is 674. The van der Waals surface area contributed by atoms with E-state index in [4.69, 9.17) is 0 Å². The molecule has 0 saturated carbocycles. The van der Waals surface area contributed by atoms with Gasteiger partial charge in [0, 0.05) is 30.7 Å². The van der Waals surface area contributed by atoms with Crippen molar-refractivity contribution in [1.82, 2.24) is 15.0 Å². The van der Waals surface area contributed by atoms with Gasteiger partial charge in [0.15, 0.2) is 0 Å². The van der Waals surface area contributed by atoms with Crippen molar-refractivity contribution in [2.45, 2.75) is 13.3 Å². The van der Waals surface area contributed by atoms with Crippen LogP contribution in [0.5, 0.6) is 0 Å². The van der Waals surface area contributed by atoms with Crippen LogP contribution in [-0.4, -0.2) is 21.5 Å². The number of hydrogen-bond donors (Lipinski definition) is 2. The van der Waals surface area contributed by atoms with E-state index in [9.17, 15) is 0 Å². The summed E-state index contributed by atoms with van der Waals surface area (Å²) >= 11 is 0. The quantitative estimate of drug-likeness (QED) is 0.750. The molecule has 0 aliphatic rings. The highest BCUT2D eigenvalue weighted by Crippen LogP contribution is 2.19. The molecule has 4 nitrogen and oxygen atoms in total. The molecule has 0 saturated heterocycles. The Morgan fingerprint density at radius 3 is 3.00 bits per heavy atom. The van der Waals surface area contributed by atoms with Gasteiger partial charge in [0.05, 0.1) is 5.52 Å². The first-order valence-corrected chi connectivity index (χ1v) is 6.41. The number of benzene rings is 1. The Kier molecular flexibility index (Phi) is 3.14. The minimum atomic E-state index is 0.819. The van der Waals surface area contributed by atoms with E-state index in [-0.39, 0.29) is 0 Å². The van der Waals surface area contributed by atoms with Gasteiger partial charge >= 0.3 is 0 Å². The Labute approximate surface area is 111 Å². The highest BCUT2D eigenvalue weighted by atomic mass is 15.0. The molecule has 19 heavy (non-hydrogen) atoms. The van der Waals surface area contributed by atoms with Crippen LogP contribution in [0, 0.1) is 6.92 Å². The first-order chi connectivity index (χ1) is 9.33. The number of pyridine rings is 1. The molecule has 0 fully saturated rings. The Morgan fingerprint density at radius 2 is 2.16 bits per heavy atom. The monoisotopic (exact) mass is 252 g/mol. The van der Waals surface area contributed by atoms with Crippen LogP contribution in [0.4, 0.5) is 5.82 Å². The van der Waals surface area contributed by atoms with E-state index in [1.54, 1.807) is 6.20 Å².